The van der Waals surface area contributed by atoms with Crippen LogP contribution in [-0.4, -0.2) is 19.3 Å². The zero-order chi connectivity index (χ0) is 37.4. The molecule has 0 saturated carbocycles. The summed E-state index contributed by atoms with van der Waals surface area (Å²) in [6.45, 7) is 20.2. The van der Waals surface area contributed by atoms with Crippen LogP contribution in [0.15, 0.2) is 85.1 Å². The van der Waals surface area contributed by atoms with Gasteiger partial charge >= 0.3 is 20.4 Å². The van der Waals surface area contributed by atoms with Gasteiger partial charge in [-0.05, 0) is 116 Å². The Bertz CT molecular complexity index is 2390. The molecule has 3 heterocycles. The molecule has 0 atom stereocenters. The quantitative estimate of drug-likeness (QED) is 0.0912. The van der Waals surface area contributed by atoms with Gasteiger partial charge in [0.05, 0.1) is 5.69 Å². The first-order valence-corrected chi connectivity index (χ1v) is 19.3. The zero-order valence-electron chi connectivity index (χ0n) is 33.2. The van der Waals surface area contributed by atoms with Gasteiger partial charge in [-0.3, -0.25) is 4.68 Å². The third kappa shape index (κ3) is 7.97. The number of para-hydroxylation sites is 1. The average Bonchev–Trinajstić information content (AvgIpc) is 3.64. The van der Waals surface area contributed by atoms with Crippen molar-refractivity contribution < 1.29 is 25.2 Å². The van der Waals surface area contributed by atoms with Crippen molar-refractivity contribution in [3.05, 3.63) is 131 Å². The molecule has 6 heteroatoms. The molecule has 0 radical (unpaired) electrons. The van der Waals surface area contributed by atoms with Gasteiger partial charge in [-0.2, -0.15) is 11.2 Å². The van der Waals surface area contributed by atoms with Gasteiger partial charge in [0.25, 0.3) is 0 Å². The average molecular weight is 807 g/mol. The second-order valence-electron chi connectivity index (χ2n) is 15.9. The molecule has 54 heavy (non-hydrogen) atoms. The molecule has 3 aromatic heterocycles. The van der Waals surface area contributed by atoms with Crippen LogP contribution in [0.25, 0.3) is 44.4 Å². The Morgan fingerprint density at radius 1 is 0.704 bits per heavy atom. The molecule has 280 valence electrons. The predicted octanol–water partition coefficient (Wildman–Crippen LogP) is 12.6. The number of ether oxygens (including phenoxy) is 1. The molecule has 7 rings (SSSR count). The standard InChI is InChI=1S/C48H52N4O.Pd/c1-30(2)17-21-42-48(47-34(8)13-12-14-35(47)9)44(22-18-31(3)4)52(50-42)37-26-36(32(5)6)27-39(28-37)53-38-19-20-41-40-15-10-11-16-43(40)51(45(41)29-38)46-25-33(7)23-24-49-46;/h10-16,19-20,23-27,30-32H,17-18,21-22H2,1-9H3;/q-2;+2. The van der Waals surface area contributed by atoms with E-state index < -0.39 is 0 Å². The number of fused-ring (bicyclic) bond motifs is 3. The summed E-state index contributed by atoms with van der Waals surface area (Å²) in [6, 6.07) is 35.1. The minimum Gasteiger partial charge on any atom is -0.509 e. The molecule has 0 N–H and O–H groups in total. The maximum atomic E-state index is 6.74. The molecule has 0 unspecified atom stereocenters. The number of pyridine rings is 1. The van der Waals surface area contributed by atoms with Crippen LogP contribution in [0.2, 0.25) is 0 Å². The SMILES string of the molecule is Cc1ccnc(-n2c3[c-]c(Oc4[c-]c(-n5nc(CCC(C)C)c(-c6c(C)cccc6C)c5CCC(C)C)cc(C(C)C)c4)ccc3c3ccccc32)c1.[Pd+2]. The second kappa shape index (κ2) is 16.5. The van der Waals surface area contributed by atoms with Crippen LogP contribution >= 0.6 is 0 Å². The van der Waals surface area contributed by atoms with Crippen LogP contribution in [0.5, 0.6) is 11.5 Å². The normalized spacial score (nSPS) is 11.7. The van der Waals surface area contributed by atoms with E-state index in [1.54, 1.807) is 0 Å². The number of aryl methyl sites for hydroxylation is 4. The monoisotopic (exact) mass is 806 g/mol. The van der Waals surface area contributed by atoms with Gasteiger partial charge in [-0.15, -0.1) is 41.3 Å². The van der Waals surface area contributed by atoms with E-state index in [1.807, 2.05) is 18.3 Å². The summed E-state index contributed by atoms with van der Waals surface area (Å²) in [5.74, 6) is 3.56. The first kappa shape index (κ1) is 39.2. The Labute approximate surface area is 335 Å². The summed E-state index contributed by atoms with van der Waals surface area (Å²) in [5.41, 5.74) is 12.9. The van der Waals surface area contributed by atoms with Crippen molar-refractivity contribution in [3.63, 3.8) is 0 Å². The molecule has 7 aromatic rings. The number of aromatic nitrogens is 4. The van der Waals surface area contributed by atoms with E-state index in [0.29, 0.717) is 23.3 Å². The topological polar surface area (TPSA) is 44.9 Å². The van der Waals surface area contributed by atoms with Crippen molar-refractivity contribution in [2.75, 3.05) is 0 Å². The number of hydrogen-bond donors (Lipinski definition) is 0. The summed E-state index contributed by atoms with van der Waals surface area (Å²) in [7, 11) is 0. The molecule has 0 amide bonds. The van der Waals surface area contributed by atoms with Gasteiger partial charge in [0.2, 0.25) is 0 Å². The molecular formula is C48H52N4OPd. The fourth-order valence-electron chi connectivity index (χ4n) is 7.44. The van der Waals surface area contributed by atoms with Crippen LogP contribution in [0.3, 0.4) is 0 Å². The Morgan fingerprint density at radius 3 is 2.13 bits per heavy atom. The van der Waals surface area contributed by atoms with Crippen molar-refractivity contribution >= 4 is 21.8 Å². The van der Waals surface area contributed by atoms with Gasteiger partial charge in [0.15, 0.2) is 0 Å². The van der Waals surface area contributed by atoms with E-state index in [0.717, 1.165) is 70.3 Å². The van der Waals surface area contributed by atoms with Crippen LogP contribution in [0, 0.1) is 44.7 Å². The molecule has 0 spiro atoms. The fourth-order valence-corrected chi connectivity index (χ4v) is 7.44. The van der Waals surface area contributed by atoms with Crippen molar-refractivity contribution in [2.45, 2.75) is 93.9 Å². The third-order valence-corrected chi connectivity index (χ3v) is 10.4. The van der Waals surface area contributed by atoms with E-state index in [2.05, 4.69) is 150 Å². The van der Waals surface area contributed by atoms with Crippen LogP contribution in [0.1, 0.15) is 93.9 Å². The summed E-state index contributed by atoms with van der Waals surface area (Å²) >= 11 is 0. The van der Waals surface area contributed by atoms with E-state index >= 15 is 0 Å². The third-order valence-electron chi connectivity index (χ3n) is 10.4. The Morgan fingerprint density at radius 2 is 1.43 bits per heavy atom. The molecule has 0 aliphatic rings. The minimum absolute atomic E-state index is 0. The molecule has 0 bridgehead atoms. The van der Waals surface area contributed by atoms with E-state index in [4.69, 9.17) is 14.8 Å². The summed E-state index contributed by atoms with van der Waals surface area (Å²) in [5, 5.41) is 7.73. The minimum atomic E-state index is 0. The van der Waals surface area contributed by atoms with Crippen molar-refractivity contribution in [2.24, 2.45) is 11.8 Å². The van der Waals surface area contributed by atoms with E-state index in [1.165, 1.54) is 33.5 Å². The molecule has 0 fully saturated rings. The maximum absolute atomic E-state index is 6.74. The van der Waals surface area contributed by atoms with Gasteiger partial charge in [0.1, 0.15) is 5.82 Å². The Balaban J connectivity index is 0.00000497. The van der Waals surface area contributed by atoms with Crippen LogP contribution < -0.4 is 4.74 Å². The number of hydrogen-bond acceptors (Lipinski definition) is 3. The molecule has 0 aliphatic heterocycles. The predicted molar refractivity (Wildman–Crippen MR) is 220 cm³/mol. The van der Waals surface area contributed by atoms with Crippen LogP contribution in [0.4, 0.5) is 0 Å². The smallest absolute Gasteiger partial charge is 0.509 e. The molecule has 0 saturated heterocycles. The first-order valence-electron chi connectivity index (χ1n) is 19.3. The second-order valence-corrected chi connectivity index (χ2v) is 15.9. The van der Waals surface area contributed by atoms with Crippen molar-refractivity contribution in [1.82, 2.24) is 19.3 Å². The zero-order valence-corrected chi connectivity index (χ0v) is 34.7. The maximum Gasteiger partial charge on any atom is 2.00 e. The largest absolute Gasteiger partial charge is 2.00 e. The molecule has 4 aromatic carbocycles. The molecular weight excluding hydrogens is 755 g/mol. The Kier molecular flexibility index (Phi) is 12.0. The Hall–Kier alpha value is -4.50. The van der Waals surface area contributed by atoms with Gasteiger partial charge in [-0.25, -0.2) is 4.98 Å². The fraction of sp³-hybridized carbons (Fsp3) is 0.333. The summed E-state index contributed by atoms with van der Waals surface area (Å²) in [4.78, 5) is 4.76. The van der Waals surface area contributed by atoms with Gasteiger partial charge < -0.3 is 9.30 Å². The van der Waals surface area contributed by atoms with Crippen molar-refractivity contribution in [3.8, 4) is 34.1 Å². The van der Waals surface area contributed by atoms with E-state index in [9.17, 15) is 0 Å². The van der Waals surface area contributed by atoms with E-state index in [-0.39, 0.29) is 26.3 Å². The number of benzene rings is 4. The number of rotatable bonds is 12. The first-order chi connectivity index (χ1) is 25.5. The van der Waals surface area contributed by atoms with Crippen molar-refractivity contribution in [1.29, 1.82) is 0 Å². The summed E-state index contributed by atoms with van der Waals surface area (Å²) < 4.78 is 11.1. The molecule has 5 nitrogen and oxygen atoms in total. The summed E-state index contributed by atoms with van der Waals surface area (Å²) in [6.07, 6.45) is 5.86. The number of nitrogens with zero attached hydrogens (tertiary/aromatic N) is 4. The molecule has 0 aliphatic carbocycles. The van der Waals surface area contributed by atoms with Crippen LogP contribution in [-0.2, 0) is 33.3 Å². The van der Waals surface area contributed by atoms with Gasteiger partial charge in [-0.1, -0.05) is 83.5 Å². The van der Waals surface area contributed by atoms with Gasteiger partial charge in [0, 0.05) is 34.5 Å².